The van der Waals surface area contributed by atoms with Crippen LogP contribution in [0.15, 0.2) is 65.8 Å². The highest BCUT2D eigenvalue weighted by Crippen LogP contribution is 2.14. The second-order valence-electron chi connectivity index (χ2n) is 4.78. The number of aromatic hydroxyl groups is 1. The van der Waals surface area contributed by atoms with Crippen molar-refractivity contribution >= 4 is 24.1 Å². The minimum absolute atomic E-state index is 0.111. The molecule has 0 spiro atoms. The van der Waals surface area contributed by atoms with Crippen molar-refractivity contribution in [2.24, 2.45) is 5.10 Å². The molecule has 2 rings (SSSR count). The summed E-state index contributed by atoms with van der Waals surface area (Å²) in [6.07, 6.45) is 4.97. The van der Waals surface area contributed by atoms with Crippen LogP contribution in [0.25, 0.3) is 6.08 Å². The molecule has 0 aliphatic heterocycles. The first-order valence-electron chi connectivity index (χ1n) is 7.26. The first-order valence-corrected chi connectivity index (χ1v) is 7.26. The van der Waals surface area contributed by atoms with Gasteiger partial charge in [-0.15, -0.1) is 0 Å². The van der Waals surface area contributed by atoms with Gasteiger partial charge in [-0.05, 0) is 23.8 Å². The van der Waals surface area contributed by atoms with Crippen molar-refractivity contribution in [3.63, 3.8) is 0 Å². The highest BCUT2D eigenvalue weighted by Gasteiger charge is 2.10. The minimum Gasteiger partial charge on any atom is -0.507 e. The van der Waals surface area contributed by atoms with Gasteiger partial charge in [0.15, 0.2) is 0 Å². The predicted molar refractivity (Wildman–Crippen MR) is 92.6 cm³/mol. The number of hydrazone groups is 1. The number of phenols is 1. The molecule has 0 radical (unpaired) electrons. The summed E-state index contributed by atoms with van der Waals surface area (Å²) in [5.41, 5.74) is 3.42. The van der Waals surface area contributed by atoms with Crippen LogP contribution in [0, 0.1) is 0 Å². The van der Waals surface area contributed by atoms with Crippen molar-refractivity contribution in [3.05, 3.63) is 71.8 Å². The van der Waals surface area contributed by atoms with E-state index in [-0.39, 0.29) is 17.9 Å². The summed E-state index contributed by atoms with van der Waals surface area (Å²) in [6, 6.07) is 15.8. The van der Waals surface area contributed by atoms with E-state index in [1.807, 2.05) is 36.4 Å². The summed E-state index contributed by atoms with van der Waals surface area (Å²) in [5.74, 6) is -1.14. The van der Waals surface area contributed by atoms with E-state index in [4.69, 9.17) is 0 Å². The van der Waals surface area contributed by atoms with E-state index in [0.29, 0.717) is 0 Å². The van der Waals surface area contributed by atoms with Crippen LogP contribution in [-0.4, -0.2) is 29.7 Å². The molecule has 0 bridgehead atoms. The number of carbonyl (C=O) groups excluding carboxylic acids is 2. The number of hydrogen-bond donors (Lipinski definition) is 3. The second-order valence-corrected chi connectivity index (χ2v) is 4.78. The molecule has 0 aliphatic rings. The maximum absolute atomic E-state index is 11.8. The first kappa shape index (κ1) is 17.0. The molecule has 0 aromatic heterocycles. The fourth-order valence-corrected chi connectivity index (χ4v) is 1.83. The van der Waals surface area contributed by atoms with E-state index in [1.165, 1.54) is 18.3 Å². The number of allylic oxidation sites excluding steroid dienone is 1. The minimum atomic E-state index is -0.531. The Labute approximate surface area is 139 Å². The third kappa shape index (κ3) is 5.42. The van der Waals surface area contributed by atoms with Crippen molar-refractivity contribution < 1.29 is 14.7 Å². The lowest BCUT2D eigenvalue weighted by atomic mass is 10.2. The monoisotopic (exact) mass is 323 g/mol. The van der Waals surface area contributed by atoms with Gasteiger partial charge in [-0.2, -0.15) is 5.10 Å². The van der Waals surface area contributed by atoms with Gasteiger partial charge in [0.1, 0.15) is 5.75 Å². The van der Waals surface area contributed by atoms with Gasteiger partial charge in [-0.3, -0.25) is 9.59 Å². The van der Waals surface area contributed by atoms with Crippen LogP contribution in [0.1, 0.15) is 15.9 Å². The Morgan fingerprint density at radius 2 is 1.75 bits per heavy atom. The lowest BCUT2D eigenvalue weighted by Crippen LogP contribution is -2.34. The van der Waals surface area contributed by atoms with Crippen molar-refractivity contribution in [2.45, 2.75) is 0 Å². The van der Waals surface area contributed by atoms with Crippen LogP contribution in [0.3, 0.4) is 0 Å². The third-order valence-electron chi connectivity index (χ3n) is 3.00. The van der Waals surface area contributed by atoms with Crippen LogP contribution < -0.4 is 10.7 Å². The maximum atomic E-state index is 11.8. The molecule has 6 nitrogen and oxygen atoms in total. The van der Waals surface area contributed by atoms with E-state index in [0.717, 1.165) is 5.56 Å². The SMILES string of the molecule is O=C(CNC(=O)c1ccccc1O)N/N=C/C=C/c1ccccc1. The molecule has 0 heterocycles. The van der Waals surface area contributed by atoms with E-state index >= 15 is 0 Å². The molecular weight excluding hydrogens is 306 g/mol. The summed E-state index contributed by atoms with van der Waals surface area (Å²) in [7, 11) is 0. The molecule has 2 aromatic carbocycles. The Balaban J connectivity index is 1.73. The molecule has 2 aromatic rings. The largest absolute Gasteiger partial charge is 0.507 e. The highest BCUT2D eigenvalue weighted by atomic mass is 16.3. The van der Waals surface area contributed by atoms with Gasteiger partial charge in [0.05, 0.1) is 12.1 Å². The average Bonchev–Trinajstić information content (AvgIpc) is 2.60. The van der Waals surface area contributed by atoms with Crippen molar-refractivity contribution in [2.75, 3.05) is 6.54 Å². The van der Waals surface area contributed by atoms with Gasteiger partial charge < -0.3 is 10.4 Å². The lowest BCUT2D eigenvalue weighted by Gasteiger charge is -2.05. The Kier molecular flexibility index (Phi) is 6.28. The topological polar surface area (TPSA) is 90.8 Å². The predicted octanol–water partition coefficient (Wildman–Crippen LogP) is 1.94. The van der Waals surface area contributed by atoms with Gasteiger partial charge in [-0.1, -0.05) is 48.5 Å². The fourth-order valence-electron chi connectivity index (χ4n) is 1.83. The van der Waals surface area contributed by atoms with Crippen LogP contribution in [0.4, 0.5) is 0 Å². The number of para-hydroxylation sites is 1. The molecule has 3 N–H and O–H groups in total. The van der Waals surface area contributed by atoms with Gasteiger partial charge in [-0.25, -0.2) is 5.43 Å². The number of hydrogen-bond acceptors (Lipinski definition) is 4. The summed E-state index contributed by atoms with van der Waals surface area (Å²) in [4.78, 5) is 23.4. The van der Waals surface area contributed by atoms with Gasteiger partial charge in [0.2, 0.25) is 0 Å². The zero-order valence-corrected chi connectivity index (χ0v) is 12.8. The number of carbonyl (C=O) groups is 2. The van der Waals surface area contributed by atoms with Gasteiger partial charge >= 0.3 is 0 Å². The molecule has 0 saturated heterocycles. The van der Waals surface area contributed by atoms with E-state index in [1.54, 1.807) is 18.2 Å². The normalized spacial score (nSPS) is 10.8. The Morgan fingerprint density at radius 3 is 2.50 bits per heavy atom. The van der Waals surface area contributed by atoms with Crippen LogP contribution in [0.2, 0.25) is 0 Å². The molecule has 2 amide bonds. The quantitative estimate of drug-likeness (QED) is 0.560. The van der Waals surface area contributed by atoms with E-state index in [9.17, 15) is 14.7 Å². The molecular formula is C18H17N3O3. The summed E-state index contributed by atoms with van der Waals surface area (Å²) in [6.45, 7) is -0.243. The van der Waals surface area contributed by atoms with E-state index < -0.39 is 11.8 Å². The fraction of sp³-hybridized carbons (Fsp3) is 0.0556. The number of rotatable bonds is 6. The summed E-state index contributed by atoms with van der Waals surface area (Å²) in [5, 5.41) is 15.7. The lowest BCUT2D eigenvalue weighted by molar-refractivity contribution is -0.120. The second kappa shape index (κ2) is 8.89. The maximum Gasteiger partial charge on any atom is 0.259 e. The molecule has 0 atom stereocenters. The van der Waals surface area contributed by atoms with Crippen molar-refractivity contribution in [1.82, 2.24) is 10.7 Å². The molecule has 0 unspecified atom stereocenters. The Morgan fingerprint density at radius 1 is 1.04 bits per heavy atom. The summed E-state index contributed by atoms with van der Waals surface area (Å²) < 4.78 is 0. The van der Waals surface area contributed by atoms with Crippen LogP contribution >= 0.6 is 0 Å². The Hall–Kier alpha value is -3.41. The molecule has 0 aliphatic carbocycles. The van der Waals surface area contributed by atoms with Gasteiger partial charge in [0.25, 0.3) is 11.8 Å². The van der Waals surface area contributed by atoms with Crippen LogP contribution in [-0.2, 0) is 4.79 Å². The van der Waals surface area contributed by atoms with Crippen LogP contribution in [0.5, 0.6) is 5.75 Å². The third-order valence-corrected chi connectivity index (χ3v) is 3.00. The summed E-state index contributed by atoms with van der Waals surface area (Å²) >= 11 is 0. The zero-order chi connectivity index (χ0) is 17.2. The molecule has 122 valence electrons. The van der Waals surface area contributed by atoms with E-state index in [2.05, 4.69) is 15.8 Å². The van der Waals surface area contributed by atoms with Gasteiger partial charge in [0, 0.05) is 6.21 Å². The highest BCUT2D eigenvalue weighted by molar-refractivity contribution is 5.98. The molecule has 6 heteroatoms. The number of nitrogens with one attached hydrogen (secondary N) is 2. The number of nitrogens with zero attached hydrogens (tertiary/aromatic N) is 1. The molecule has 0 fully saturated rings. The molecule has 0 saturated carbocycles. The zero-order valence-electron chi connectivity index (χ0n) is 12.8. The first-order chi connectivity index (χ1) is 11.7. The Bertz CT molecular complexity index is 755. The molecule has 24 heavy (non-hydrogen) atoms. The smallest absolute Gasteiger partial charge is 0.259 e. The number of benzene rings is 2. The number of phenolic OH excluding ortho intramolecular Hbond substituents is 1. The van der Waals surface area contributed by atoms with Crippen molar-refractivity contribution in [1.29, 1.82) is 0 Å². The standard InChI is InChI=1S/C18H17N3O3/c22-16-11-5-4-10-15(16)18(24)19-13-17(23)21-20-12-6-9-14-7-2-1-3-8-14/h1-12,22H,13H2,(H,19,24)(H,21,23)/b9-6+,20-12+. The number of amides is 2. The van der Waals surface area contributed by atoms with Crippen molar-refractivity contribution in [3.8, 4) is 5.75 Å². The average molecular weight is 323 g/mol.